The fourth-order valence-corrected chi connectivity index (χ4v) is 3.05. The molecule has 0 spiro atoms. The number of pyridine rings is 1. The predicted molar refractivity (Wildman–Crippen MR) is 88.2 cm³/mol. The lowest BCUT2D eigenvalue weighted by Gasteiger charge is -2.08. The van der Waals surface area contributed by atoms with Gasteiger partial charge in [-0.1, -0.05) is 54.6 Å². The number of para-hydroxylation sites is 2. The number of benzene rings is 3. The standard InChI is InChI=1S/C20H15N.HI/c1-14-8-7-12-17-19(15-9-3-2-4-10-15)16-11-5-6-13-18(16)21-20(14)17;/h2-13H,1H3;1H. The van der Waals surface area contributed by atoms with E-state index in [2.05, 4.69) is 84.7 Å². The number of hydrogen-bond donors (Lipinski definition) is 0. The molecule has 1 aromatic heterocycles. The Morgan fingerprint density at radius 1 is 0.682 bits per heavy atom. The molecule has 0 aliphatic heterocycles. The lowest BCUT2D eigenvalue weighted by Crippen LogP contribution is -3.00. The zero-order chi connectivity index (χ0) is 14.2. The highest BCUT2D eigenvalue weighted by molar-refractivity contribution is 6.07. The molecule has 0 radical (unpaired) electrons. The fourth-order valence-electron chi connectivity index (χ4n) is 3.05. The minimum Gasteiger partial charge on any atom is -1.00 e. The maximum atomic E-state index is 3.59. The van der Waals surface area contributed by atoms with Crippen molar-refractivity contribution < 1.29 is 29.0 Å². The van der Waals surface area contributed by atoms with E-state index in [0.717, 1.165) is 0 Å². The molecule has 1 N–H and O–H groups in total. The van der Waals surface area contributed by atoms with Crippen LogP contribution in [0.4, 0.5) is 0 Å². The van der Waals surface area contributed by atoms with Gasteiger partial charge in [-0.3, -0.25) is 0 Å². The first-order chi connectivity index (χ1) is 10.3. The Labute approximate surface area is 147 Å². The molecule has 0 saturated carbocycles. The number of hydrogen-bond acceptors (Lipinski definition) is 0. The van der Waals surface area contributed by atoms with E-state index in [0.29, 0.717) is 0 Å². The molecule has 1 nitrogen and oxygen atoms in total. The molecule has 1 heterocycles. The van der Waals surface area contributed by atoms with E-state index in [1.807, 2.05) is 0 Å². The average Bonchev–Trinajstić information content (AvgIpc) is 2.54. The van der Waals surface area contributed by atoms with Gasteiger partial charge in [0.1, 0.15) is 0 Å². The summed E-state index contributed by atoms with van der Waals surface area (Å²) < 4.78 is 0. The van der Waals surface area contributed by atoms with E-state index in [4.69, 9.17) is 0 Å². The number of aromatic amines is 1. The van der Waals surface area contributed by atoms with Crippen molar-refractivity contribution in [1.29, 1.82) is 0 Å². The first kappa shape index (κ1) is 15.0. The van der Waals surface area contributed by atoms with Crippen molar-refractivity contribution in [1.82, 2.24) is 0 Å². The highest BCUT2D eigenvalue weighted by Crippen LogP contribution is 2.33. The number of rotatable bonds is 1. The average molecular weight is 397 g/mol. The van der Waals surface area contributed by atoms with Crippen LogP contribution in [0, 0.1) is 6.92 Å². The molecule has 108 valence electrons. The number of halogens is 1. The molecular weight excluding hydrogens is 381 g/mol. The Morgan fingerprint density at radius 3 is 2.18 bits per heavy atom. The van der Waals surface area contributed by atoms with Gasteiger partial charge in [-0.25, -0.2) is 4.98 Å². The zero-order valence-electron chi connectivity index (χ0n) is 12.3. The summed E-state index contributed by atoms with van der Waals surface area (Å²) in [5.74, 6) is 0. The van der Waals surface area contributed by atoms with E-state index >= 15 is 0 Å². The van der Waals surface area contributed by atoms with Crippen LogP contribution in [0.2, 0.25) is 0 Å². The molecule has 0 aliphatic carbocycles. The molecule has 3 aromatic carbocycles. The molecule has 0 unspecified atom stereocenters. The molecule has 0 saturated heterocycles. The van der Waals surface area contributed by atoms with Gasteiger partial charge < -0.3 is 24.0 Å². The van der Waals surface area contributed by atoms with Crippen molar-refractivity contribution >= 4 is 21.8 Å². The second kappa shape index (κ2) is 6.05. The van der Waals surface area contributed by atoms with Gasteiger partial charge >= 0.3 is 0 Å². The Morgan fingerprint density at radius 2 is 1.36 bits per heavy atom. The van der Waals surface area contributed by atoms with Crippen LogP contribution in [-0.2, 0) is 0 Å². The van der Waals surface area contributed by atoms with Gasteiger partial charge in [0.2, 0.25) is 11.0 Å². The third-order valence-electron chi connectivity index (χ3n) is 4.06. The molecule has 0 fully saturated rings. The van der Waals surface area contributed by atoms with E-state index in [1.165, 1.54) is 38.5 Å². The van der Waals surface area contributed by atoms with Crippen LogP contribution in [0.5, 0.6) is 0 Å². The molecule has 4 aromatic rings. The lowest BCUT2D eigenvalue weighted by molar-refractivity contribution is -0.310. The highest BCUT2D eigenvalue weighted by Gasteiger charge is 2.16. The second-order valence-corrected chi connectivity index (χ2v) is 5.41. The Bertz CT molecular complexity index is 946. The SMILES string of the molecule is Cc1cccc2c(-c3ccccc3)c3ccccc3[nH+]c12.[I-]. The van der Waals surface area contributed by atoms with Gasteiger partial charge in [-0.05, 0) is 24.6 Å². The van der Waals surface area contributed by atoms with Crippen molar-refractivity contribution in [2.24, 2.45) is 0 Å². The molecule has 2 heteroatoms. The van der Waals surface area contributed by atoms with Gasteiger partial charge in [0.15, 0.2) is 0 Å². The number of aromatic nitrogens is 1. The summed E-state index contributed by atoms with van der Waals surface area (Å²) >= 11 is 0. The maximum Gasteiger partial charge on any atom is 0.214 e. The van der Waals surface area contributed by atoms with Crippen molar-refractivity contribution in [3.8, 4) is 11.1 Å². The van der Waals surface area contributed by atoms with Gasteiger partial charge in [-0.15, -0.1) is 0 Å². The molecule has 0 atom stereocenters. The third-order valence-corrected chi connectivity index (χ3v) is 4.06. The quantitative estimate of drug-likeness (QED) is 0.344. The van der Waals surface area contributed by atoms with Gasteiger partial charge in [0.25, 0.3) is 0 Å². The van der Waals surface area contributed by atoms with Crippen molar-refractivity contribution in [3.63, 3.8) is 0 Å². The third kappa shape index (κ3) is 2.37. The zero-order valence-corrected chi connectivity index (χ0v) is 14.5. The highest BCUT2D eigenvalue weighted by atomic mass is 127. The topological polar surface area (TPSA) is 14.1 Å². The maximum absolute atomic E-state index is 3.59. The predicted octanol–water partition coefficient (Wildman–Crippen LogP) is 1.79. The number of H-pyrrole nitrogens is 1. The lowest BCUT2D eigenvalue weighted by atomic mass is 9.95. The van der Waals surface area contributed by atoms with Crippen LogP contribution in [0.15, 0.2) is 72.8 Å². The Hall–Kier alpha value is -1.94. The van der Waals surface area contributed by atoms with Crippen molar-refractivity contribution in [2.45, 2.75) is 6.92 Å². The largest absolute Gasteiger partial charge is 1.00 e. The van der Waals surface area contributed by atoms with E-state index < -0.39 is 0 Å². The molecule has 0 aliphatic rings. The number of nitrogens with one attached hydrogen (secondary N) is 1. The molecule has 22 heavy (non-hydrogen) atoms. The number of fused-ring (bicyclic) bond motifs is 2. The molecule has 4 rings (SSSR count). The molecule has 0 bridgehead atoms. The first-order valence-electron chi connectivity index (χ1n) is 7.23. The summed E-state index contributed by atoms with van der Waals surface area (Å²) in [5, 5.41) is 2.54. The summed E-state index contributed by atoms with van der Waals surface area (Å²) in [6.45, 7) is 2.16. The molecule has 0 amide bonds. The summed E-state index contributed by atoms with van der Waals surface area (Å²) in [7, 11) is 0. The number of aryl methyl sites for hydroxylation is 1. The minimum absolute atomic E-state index is 0. The Kier molecular flexibility index (Phi) is 4.12. The van der Waals surface area contributed by atoms with E-state index in [9.17, 15) is 0 Å². The van der Waals surface area contributed by atoms with Gasteiger partial charge in [0, 0.05) is 17.2 Å². The van der Waals surface area contributed by atoms with Gasteiger partial charge in [0.05, 0.1) is 10.8 Å². The fraction of sp³-hybridized carbons (Fsp3) is 0.0500. The summed E-state index contributed by atoms with van der Waals surface area (Å²) in [6, 6.07) is 25.6. The van der Waals surface area contributed by atoms with Crippen LogP contribution in [0.3, 0.4) is 0 Å². The monoisotopic (exact) mass is 397 g/mol. The van der Waals surface area contributed by atoms with Crippen LogP contribution >= 0.6 is 0 Å². The van der Waals surface area contributed by atoms with E-state index in [1.54, 1.807) is 0 Å². The first-order valence-corrected chi connectivity index (χ1v) is 7.23. The van der Waals surface area contributed by atoms with Crippen molar-refractivity contribution in [3.05, 3.63) is 78.4 Å². The molecular formula is C20H16IN. The Balaban J connectivity index is 0.00000144. The summed E-state index contributed by atoms with van der Waals surface area (Å²) in [5.41, 5.74) is 6.24. The normalized spacial score (nSPS) is 10.6. The van der Waals surface area contributed by atoms with Crippen LogP contribution in [0.1, 0.15) is 5.56 Å². The summed E-state index contributed by atoms with van der Waals surface area (Å²) in [6.07, 6.45) is 0. The minimum atomic E-state index is 0. The smallest absolute Gasteiger partial charge is 0.214 e. The van der Waals surface area contributed by atoms with Gasteiger partial charge in [-0.2, -0.15) is 0 Å². The van der Waals surface area contributed by atoms with E-state index in [-0.39, 0.29) is 24.0 Å². The van der Waals surface area contributed by atoms with Crippen LogP contribution in [0.25, 0.3) is 32.9 Å². The van der Waals surface area contributed by atoms with Crippen molar-refractivity contribution in [2.75, 3.05) is 0 Å². The van der Waals surface area contributed by atoms with Crippen LogP contribution < -0.4 is 29.0 Å². The summed E-state index contributed by atoms with van der Waals surface area (Å²) in [4.78, 5) is 3.59. The van der Waals surface area contributed by atoms with Crippen LogP contribution in [-0.4, -0.2) is 0 Å². The second-order valence-electron chi connectivity index (χ2n) is 5.41.